The van der Waals surface area contributed by atoms with Crippen molar-refractivity contribution in [2.24, 2.45) is 5.73 Å². The molecule has 2 rings (SSSR count). The van der Waals surface area contributed by atoms with Gasteiger partial charge in [0.1, 0.15) is 0 Å². The van der Waals surface area contributed by atoms with Gasteiger partial charge in [-0.2, -0.15) is 0 Å². The lowest BCUT2D eigenvalue weighted by atomic mass is 9.82. The van der Waals surface area contributed by atoms with Crippen LogP contribution < -0.4 is 5.73 Å². The minimum atomic E-state index is 0.0358. The van der Waals surface area contributed by atoms with E-state index < -0.39 is 0 Å². The van der Waals surface area contributed by atoms with Gasteiger partial charge in [0.25, 0.3) is 0 Å². The third-order valence-electron chi connectivity index (χ3n) is 2.94. The molecule has 3 heteroatoms. The van der Waals surface area contributed by atoms with Gasteiger partial charge in [-0.15, -0.1) is 0 Å². The standard InChI is InChI=1S/C9H17NO2/c10-8-1-3-9(4-2-8)7-11-5-6-12-9/h8H,1-7,10H2. The summed E-state index contributed by atoms with van der Waals surface area (Å²) in [5.41, 5.74) is 5.86. The Bertz CT molecular complexity index is 145. The zero-order chi connectivity index (χ0) is 8.44. The topological polar surface area (TPSA) is 44.5 Å². The van der Waals surface area contributed by atoms with Gasteiger partial charge >= 0.3 is 0 Å². The Labute approximate surface area is 73.2 Å². The van der Waals surface area contributed by atoms with E-state index in [-0.39, 0.29) is 5.60 Å². The van der Waals surface area contributed by atoms with Gasteiger partial charge in [-0.1, -0.05) is 0 Å². The van der Waals surface area contributed by atoms with Crippen LogP contribution in [-0.4, -0.2) is 31.5 Å². The Morgan fingerprint density at radius 1 is 1.17 bits per heavy atom. The number of hydrogen-bond donors (Lipinski definition) is 1. The van der Waals surface area contributed by atoms with Crippen LogP contribution in [0.15, 0.2) is 0 Å². The molecular formula is C9H17NO2. The Morgan fingerprint density at radius 2 is 1.92 bits per heavy atom. The third-order valence-corrected chi connectivity index (χ3v) is 2.94. The molecule has 2 fully saturated rings. The van der Waals surface area contributed by atoms with Gasteiger partial charge in [-0.25, -0.2) is 0 Å². The molecule has 0 bridgehead atoms. The predicted octanol–water partition coefficient (Wildman–Crippen LogP) is 0.673. The molecule has 1 aliphatic carbocycles. The summed E-state index contributed by atoms with van der Waals surface area (Å²) in [5, 5.41) is 0. The zero-order valence-corrected chi connectivity index (χ0v) is 7.42. The van der Waals surface area contributed by atoms with Crippen molar-refractivity contribution < 1.29 is 9.47 Å². The van der Waals surface area contributed by atoms with Gasteiger partial charge in [-0.05, 0) is 25.7 Å². The molecule has 70 valence electrons. The average Bonchev–Trinajstić information content (AvgIpc) is 2.13. The molecule has 0 radical (unpaired) electrons. The Balaban J connectivity index is 1.92. The van der Waals surface area contributed by atoms with Crippen LogP contribution in [0.5, 0.6) is 0 Å². The third kappa shape index (κ3) is 1.63. The maximum absolute atomic E-state index is 5.83. The second-order valence-corrected chi connectivity index (χ2v) is 3.92. The molecule has 0 aromatic heterocycles. The first-order chi connectivity index (χ1) is 5.81. The molecule has 1 spiro atoms. The summed E-state index contributed by atoms with van der Waals surface area (Å²) in [5.74, 6) is 0. The van der Waals surface area contributed by atoms with Crippen LogP contribution in [0.3, 0.4) is 0 Å². The lowest BCUT2D eigenvalue weighted by molar-refractivity contribution is -0.171. The van der Waals surface area contributed by atoms with E-state index in [1.807, 2.05) is 0 Å². The van der Waals surface area contributed by atoms with E-state index in [4.69, 9.17) is 15.2 Å². The summed E-state index contributed by atoms with van der Waals surface area (Å²) in [4.78, 5) is 0. The fourth-order valence-corrected chi connectivity index (χ4v) is 2.07. The highest BCUT2D eigenvalue weighted by molar-refractivity contribution is 4.89. The number of rotatable bonds is 0. The summed E-state index contributed by atoms with van der Waals surface area (Å²) < 4.78 is 11.2. The van der Waals surface area contributed by atoms with Crippen molar-refractivity contribution in [2.75, 3.05) is 19.8 Å². The van der Waals surface area contributed by atoms with Crippen LogP contribution >= 0.6 is 0 Å². The molecule has 1 heterocycles. The Morgan fingerprint density at radius 3 is 2.50 bits per heavy atom. The quantitative estimate of drug-likeness (QED) is 0.582. The van der Waals surface area contributed by atoms with Crippen LogP contribution in [0.1, 0.15) is 25.7 Å². The minimum Gasteiger partial charge on any atom is -0.376 e. The molecule has 0 atom stereocenters. The van der Waals surface area contributed by atoms with Crippen LogP contribution in [0.25, 0.3) is 0 Å². The van der Waals surface area contributed by atoms with Crippen molar-refractivity contribution in [3.8, 4) is 0 Å². The molecule has 12 heavy (non-hydrogen) atoms. The normalized spacial score (nSPS) is 43.2. The molecule has 3 nitrogen and oxygen atoms in total. The second-order valence-electron chi connectivity index (χ2n) is 3.92. The lowest BCUT2D eigenvalue weighted by Gasteiger charge is -2.41. The highest BCUT2D eigenvalue weighted by atomic mass is 16.6. The van der Waals surface area contributed by atoms with E-state index in [1.54, 1.807) is 0 Å². The first kappa shape index (κ1) is 8.48. The summed E-state index contributed by atoms with van der Waals surface area (Å²) in [6, 6.07) is 0.390. The smallest absolute Gasteiger partial charge is 0.0917 e. The van der Waals surface area contributed by atoms with E-state index in [1.165, 1.54) is 0 Å². The van der Waals surface area contributed by atoms with Crippen molar-refractivity contribution in [3.05, 3.63) is 0 Å². The molecule has 1 aliphatic heterocycles. The molecule has 0 aromatic carbocycles. The van der Waals surface area contributed by atoms with Gasteiger partial charge in [0.05, 0.1) is 25.4 Å². The molecule has 1 saturated carbocycles. The highest BCUT2D eigenvalue weighted by Gasteiger charge is 2.37. The summed E-state index contributed by atoms with van der Waals surface area (Å²) >= 11 is 0. The van der Waals surface area contributed by atoms with E-state index in [2.05, 4.69) is 0 Å². The van der Waals surface area contributed by atoms with E-state index in [9.17, 15) is 0 Å². The van der Waals surface area contributed by atoms with Gasteiger partial charge in [0.2, 0.25) is 0 Å². The van der Waals surface area contributed by atoms with Gasteiger partial charge in [0, 0.05) is 6.04 Å². The minimum absolute atomic E-state index is 0.0358. The Kier molecular flexibility index (Phi) is 2.35. The fourth-order valence-electron chi connectivity index (χ4n) is 2.07. The van der Waals surface area contributed by atoms with Crippen LogP contribution in [0.2, 0.25) is 0 Å². The summed E-state index contributed by atoms with van der Waals surface area (Å²) in [6.45, 7) is 2.29. The van der Waals surface area contributed by atoms with Gasteiger partial charge in [-0.3, -0.25) is 0 Å². The first-order valence-corrected chi connectivity index (χ1v) is 4.78. The molecule has 1 saturated heterocycles. The monoisotopic (exact) mass is 171 g/mol. The molecule has 2 N–H and O–H groups in total. The SMILES string of the molecule is NC1CCC2(CC1)COCCO2. The van der Waals surface area contributed by atoms with Gasteiger partial charge < -0.3 is 15.2 Å². The molecule has 0 amide bonds. The van der Waals surface area contributed by atoms with Crippen LogP contribution in [-0.2, 0) is 9.47 Å². The van der Waals surface area contributed by atoms with E-state index in [0.717, 1.165) is 45.5 Å². The van der Waals surface area contributed by atoms with Crippen molar-refractivity contribution in [3.63, 3.8) is 0 Å². The number of ether oxygens (including phenoxy) is 2. The summed E-state index contributed by atoms with van der Waals surface area (Å²) in [6.07, 6.45) is 4.33. The van der Waals surface area contributed by atoms with Crippen molar-refractivity contribution >= 4 is 0 Å². The molecule has 0 unspecified atom stereocenters. The van der Waals surface area contributed by atoms with Crippen LogP contribution in [0.4, 0.5) is 0 Å². The average molecular weight is 171 g/mol. The lowest BCUT2D eigenvalue weighted by Crippen LogP contribution is -2.47. The van der Waals surface area contributed by atoms with Crippen molar-refractivity contribution in [1.29, 1.82) is 0 Å². The van der Waals surface area contributed by atoms with Crippen molar-refractivity contribution in [2.45, 2.75) is 37.3 Å². The molecule has 2 aliphatic rings. The van der Waals surface area contributed by atoms with Gasteiger partial charge in [0.15, 0.2) is 0 Å². The maximum atomic E-state index is 5.83. The van der Waals surface area contributed by atoms with Crippen LogP contribution in [0, 0.1) is 0 Å². The van der Waals surface area contributed by atoms with Crippen molar-refractivity contribution in [1.82, 2.24) is 0 Å². The first-order valence-electron chi connectivity index (χ1n) is 4.78. The second kappa shape index (κ2) is 3.32. The fraction of sp³-hybridized carbons (Fsp3) is 1.00. The highest BCUT2D eigenvalue weighted by Crippen LogP contribution is 2.32. The number of nitrogens with two attached hydrogens (primary N) is 1. The largest absolute Gasteiger partial charge is 0.376 e. The van der Waals surface area contributed by atoms with E-state index in [0.29, 0.717) is 6.04 Å². The Hall–Kier alpha value is -0.120. The molecule has 0 aromatic rings. The maximum Gasteiger partial charge on any atom is 0.0917 e. The molecular weight excluding hydrogens is 154 g/mol. The number of hydrogen-bond acceptors (Lipinski definition) is 3. The summed E-state index contributed by atoms with van der Waals surface area (Å²) in [7, 11) is 0. The zero-order valence-electron chi connectivity index (χ0n) is 7.42. The van der Waals surface area contributed by atoms with E-state index >= 15 is 0 Å². The predicted molar refractivity (Wildman–Crippen MR) is 45.9 cm³/mol.